The smallest absolute Gasteiger partial charge is 0.190 e. The zero-order valence-electron chi connectivity index (χ0n) is 15.4. The molecule has 0 radical (unpaired) electrons. The van der Waals surface area contributed by atoms with Crippen LogP contribution < -0.4 is 10.6 Å². The van der Waals surface area contributed by atoms with Gasteiger partial charge < -0.3 is 20.1 Å². The van der Waals surface area contributed by atoms with E-state index in [0.29, 0.717) is 5.92 Å². The van der Waals surface area contributed by atoms with Crippen molar-refractivity contribution in [2.24, 2.45) is 22.7 Å². The van der Waals surface area contributed by atoms with E-state index in [2.05, 4.69) is 22.5 Å². The summed E-state index contributed by atoms with van der Waals surface area (Å²) < 4.78 is 11.1. The van der Waals surface area contributed by atoms with Gasteiger partial charge in [-0.3, -0.25) is 4.99 Å². The summed E-state index contributed by atoms with van der Waals surface area (Å²) in [5.41, 5.74) is 0. The number of aliphatic imine (C=N–C) groups is 1. The maximum Gasteiger partial charge on any atom is 0.190 e. The van der Waals surface area contributed by atoms with Gasteiger partial charge in [0.05, 0.1) is 13.2 Å². The van der Waals surface area contributed by atoms with E-state index in [9.17, 15) is 0 Å². The van der Waals surface area contributed by atoms with Crippen molar-refractivity contribution < 1.29 is 9.47 Å². The van der Waals surface area contributed by atoms with Crippen molar-refractivity contribution in [1.29, 1.82) is 0 Å². The summed E-state index contributed by atoms with van der Waals surface area (Å²) >= 11 is 0. The molecule has 2 rings (SSSR count). The maximum atomic E-state index is 5.72. The van der Waals surface area contributed by atoms with Crippen LogP contribution in [0.4, 0.5) is 0 Å². The number of nitrogens with zero attached hydrogens (tertiary/aromatic N) is 1. The van der Waals surface area contributed by atoms with Crippen molar-refractivity contribution in [3.63, 3.8) is 0 Å². The third-order valence-electron chi connectivity index (χ3n) is 4.96. The van der Waals surface area contributed by atoms with Gasteiger partial charge in [0.2, 0.25) is 0 Å². The van der Waals surface area contributed by atoms with Crippen LogP contribution in [0.15, 0.2) is 4.99 Å². The molecular formula is C18H36IN3O2. The average Bonchev–Trinajstić information content (AvgIpc) is 3.07. The zero-order valence-corrected chi connectivity index (χ0v) is 17.7. The van der Waals surface area contributed by atoms with Gasteiger partial charge in [-0.15, -0.1) is 24.0 Å². The predicted octanol–water partition coefficient (Wildman–Crippen LogP) is 3.04. The predicted molar refractivity (Wildman–Crippen MR) is 110 cm³/mol. The van der Waals surface area contributed by atoms with Gasteiger partial charge in [-0.05, 0) is 37.5 Å². The van der Waals surface area contributed by atoms with E-state index >= 15 is 0 Å². The van der Waals surface area contributed by atoms with E-state index in [1.165, 1.54) is 25.7 Å². The molecule has 142 valence electrons. The molecule has 1 saturated heterocycles. The number of hydrogen-bond acceptors (Lipinski definition) is 3. The Kier molecular flexibility index (Phi) is 12.0. The second-order valence-corrected chi connectivity index (χ2v) is 7.18. The van der Waals surface area contributed by atoms with Crippen LogP contribution in [0.25, 0.3) is 0 Å². The molecule has 0 amide bonds. The lowest BCUT2D eigenvalue weighted by Gasteiger charge is -2.27. The molecule has 1 aliphatic carbocycles. The topological polar surface area (TPSA) is 54.9 Å². The first-order valence-electron chi connectivity index (χ1n) is 9.38. The first-order valence-corrected chi connectivity index (χ1v) is 9.38. The molecule has 2 N–H and O–H groups in total. The molecule has 0 spiro atoms. The van der Waals surface area contributed by atoms with Crippen LogP contribution in [-0.2, 0) is 9.47 Å². The molecule has 5 nitrogen and oxygen atoms in total. The van der Waals surface area contributed by atoms with Gasteiger partial charge in [-0.1, -0.05) is 19.8 Å². The second-order valence-electron chi connectivity index (χ2n) is 7.18. The average molecular weight is 453 g/mol. The minimum absolute atomic E-state index is 0. The summed E-state index contributed by atoms with van der Waals surface area (Å²) in [5, 5.41) is 6.86. The molecule has 1 aliphatic heterocycles. The van der Waals surface area contributed by atoms with Crippen molar-refractivity contribution in [1.82, 2.24) is 10.6 Å². The highest BCUT2D eigenvalue weighted by atomic mass is 127. The summed E-state index contributed by atoms with van der Waals surface area (Å²) in [7, 11) is 1.84. The lowest BCUT2D eigenvalue weighted by atomic mass is 9.82. The monoisotopic (exact) mass is 453 g/mol. The van der Waals surface area contributed by atoms with Crippen molar-refractivity contribution in [3.8, 4) is 0 Å². The molecular weight excluding hydrogens is 417 g/mol. The molecule has 24 heavy (non-hydrogen) atoms. The molecule has 0 bridgehead atoms. The Bertz CT molecular complexity index is 349. The van der Waals surface area contributed by atoms with Crippen LogP contribution in [0.2, 0.25) is 0 Å². The Morgan fingerprint density at radius 1 is 1.21 bits per heavy atom. The van der Waals surface area contributed by atoms with E-state index in [1.54, 1.807) is 0 Å². The van der Waals surface area contributed by atoms with Gasteiger partial charge in [-0.25, -0.2) is 0 Å². The molecule has 2 aliphatic rings. The highest BCUT2D eigenvalue weighted by Crippen LogP contribution is 2.27. The lowest BCUT2D eigenvalue weighted by molar-refractivity contribution is 0.0888. The molecule has 1 saturated carbocycles. The summed E-state index contributed by atoms with van der Waals surface area (Å²) in [5.74, 6) is 3.21. The van der Waals surface area contributed by atoms with Gasteiger partial charge >= 0.3 is 0 Å². The standard InChI is InChI=1S/C18H35N3O2.HI/c1-15-5-3-6-16(11-15)12-21-18(19-2)20-8-4-9-22-13-17-7-10-23-14-17;/h15-17H,3-14H2,1-2H3,(H2,19,20,21);1H. The number of halogens is 1. The van der Waals surface area contributed by atoms with Crippen LogP contribution in [0.3, 0.4) is 0 Å². The van der Waals surface area contributed by atoms with Gasteiger partial charge in [0.25, 0.3) is 0 Å². The normalized spacial score (nSPS) is 27.6. The molecule has 2 fully saturated rings. The minimum Gasteiger partial charge on any atom is -0.381 e. The largest absolute Gasteiger partial charge is 0.381 e. The van der Waals surface area contributed by atoms with Gasteiger partial charge in [0.1, 0.15) is 0 Å². The fraction of sp³-hybridized carbons (Fsp3) is 0.944. The van der Waals surface area contributed by atoms with Crippen LogP contribution in [0.5, 0.6) is 0 Å². The number of ether oxygens (including phenoxy) is 2. The van der Waals surface area contributed by atoms with E-state index < -0.39 is 0 Å². The van der Waals surface area contributed by atoms with Crippen molar-refractivity contribution in [2.75, 3.05) is 46.6 Å². The number of nitrogens with one attached hydrogen (secondary N) is 2. The van der Waals surface area contributed by atoms with Gasteiger partial charge in [0, 0.05) is 39.3 Å². The summed E-state index contributed by atoms with van der Waals surface area (Å²) in [6.45, 7) is 7.74. The summed E-state index contributed by atoms with van der Waals surface area (Å²) in [6.07, 6.45) is 7.64. The van der Waals surface area contributed by atoms with E-state index in [1.807, 2.05) is 7.05 Å². The number of rotatable bonds is 8. The van der Waals surface area contributed by atoms with Crippen LogP contribution in [0, 0.1) is 17.8 Å². The first-order chi connectivity index (χ1) is 11.3. The third-order valence-corrected chi connectivity index (χ3v) is 4.96. The first kappa shape index (κ1) is 22.0. The molecule has 3 atom stereocenters. The van der Waals surface area contributed by atoms with Crippen molar-refractivity contribution >= 4 is 29.9 Å². The molecule has 0 aromatic carbocycles. The SMILES string of the molecule is CN=C(NCCCOCC1CCOC1)NCC1CCCC(C)C1.I. The third kappa shape index (κ3) is 8.85. The Morgan fingerprint density at radius 3 is 2.79 bits per heavy atom. The van der Waals surface area contributed by atoms with Crippen LogP contribution >= 0.6 is 24.0 Å². The van der Waals surface area contributed by atoms with Crippen LogP contribution in [0.1, 0.15) is 45.4 Å². The molecule has 1 heterocycles. The van der Waals surface area contributed by atoms with E-state index in [4.69, 9.17) is 9.47 Å². The Balaban J connectivity index is 0.00000288. The molecule has 6 heteroatoms. The summed E-state index contributed by atoms with van der Waals surface area (Å²) in [6, 6.07) is 0. The zero-order chi connectivity index (χ0) is 16.3. The molecule has 0 aromatic heterocycles. The highest BCUT2D eigenvalue weighted by Gasteiger charge is 2.18. The quantitative estimate of drug-likeness (QED) is 0.257. The maximum absolute atomic E-state index is 5.72. The fourth-order valence-corrected chi connectivity index (χ4v) is 3.55. The number of guanidine groups is 1. The minimum atomic E-state index is 0. The molecule has 0 aromatic rings. The van der Waals surface area contributed by atoms with Crippen molar-refractivity contribution in [2.45, 2.75) is 45.4 Å². The van der Waals surface area contributed by atoms with E-state index in [-0.39, 0.29) is 24.0 Å². The fourth-order valence-electron chi connectivity index (χ4n) is 3.55. The highest BCUT2D eigenvalue weighted by molar-refractivity contribution is 14.0. The van der Waals surface area contributed by atoms with E-state index in [0.717, 1.165) is 70.2 Å². The van der Waals surface area contributed by atoms with Crippen LogP contribution in [-0.4, -0.2) is 52.5 Å². The lowest BCUT2D eigenvalue weighted by Crippen LogP contribution is -2.41. The second kappa shape index (κ2) is 13.2. The Morgan fingerprint density at radius 2 is 2.08 bits per heavy atom. The molecule has 3 unspecified atom stereocenters. The van der Waals surface area contributed by atoms with Crippen molar-refractivity contribution in [3.05, 3.63) is 0 Å². The Hall–Kier alpha value is -0.0800. The van der Waals surface area contributed by atoms with Gasteiger partial charge in [0.15, 0.2) is 5.96 Å². The van der Waals surface area contributed by atoms with Gasteiger partial charge in [-0.2, -0.15) is 0 Å². The summed E-state index contributed by atoms with van der Waals surface area (Å²) in [4.78, 5) is 4.31. The Labute approximate surface area is 164 Å². The number of hydrogen-bond donors (Lipinski definition) is 2.